The van der Waals surface area contributed by atoms with E-state index in [9.17, 15) is 9.59 Å². The lowest BCUT2D eigenvalue weighted by Gasteiger charge is -2.04. The van der Waals surface area contributed by atoms with E-state index in [1.54, 1.807) is 18.3 Å². The Morgan fingerprint density at radius 2 is 2.00 bits per heavy atom. The van der Waals surface area contributed by atoms with Crippen LogP contribution in [0.5, 0.6) is 0 Å². The maximum absolute atomic E-state index is 11.2. The summed E-state index contributed by atoms with van der Waals surface area (Å²) in [6, 6.07) is 5.34. The number of rotatable bonds is 4. The molecule has 0 aliphatic heterocycles. The molecule has 0 aliphatic carbocycles. The predicted molar refractivity (Wildman–Crippen MR) is 59.8 cm³/mol. The van der Waals surface area contributed by atoms with E-state index in [4.69, 9.17) is 11.6 Å². The van der Waals surface area contributed by atoms with Crippen LogP contribution in [-0.4, -0.2) is 29.2 Å². The summed E-state index contributed by atoms with van der Waals surface area (Å²) >= 11 is 5.37. The zero-order valence-corrected chi connectivity index (χ0v) is 9.33. The van der Waals surface area contributed by atoms with Crippen LogP contribution in [-0.2, 0) is 16.1 Å². The highest BCUT2D eigenvalue weighted by atomic mass is 35.5. The number of nitrogens with zero attached hydrogens (tertiary/aromatic N) is 1. The second-order valence-corrected chi connectivity index (χ2v) is 3.33. The summed E-state index contributed by atoms with van der Waals surface area (Å²) in [5.41, 5.74) is 0.695. The van der Waals surface area contributed by atoms with E-state index in [2.05, 4.69) is 15.6 Å². The van der Waals surface area contributed by atoms with Crippen LogP contribution in [0.3, 0.4) is 0 Å². The summed E-state index contributed by atoms with van der Waals surface area (Å²) in [6.45, 7) is 0.505. The van der Waals surface area contributed by atoms with Gasteiger partial charge in [0.2, 0.25) is 0 Å². The number of aromatic nitrogens is 1. The number of amides is 2. The Hall–Kier alpha value is -1.62. The van der Waals surface area contributed by atoms with E-state index >= 15 is 0 Å². The molecule has 86 valence electrons. The van der Waals surface area contributed by atoms with Gasteiger partial charge in [-0.05, 0) is 12.1 Å². The summed E-state index contributed by atoms with van der Waals surface area (Å²) < 4.78 is 0. The second-order valence-electron chi connectivity index (χ2n) is 2.95. The third-order valence-corrected chi connectivity index (χ3v) is 1.93. The zero-order valence-electron chi connectivity index (χ0n) is 8.57. The number of alkyl halides is 1. The number of nitrogens with one attached hydrogen (secondary N) is 2. The van der Waals surface area contributed by atoms with E-state index in [0.717, 1.165) is 0 Å². The van der Waals surface area contributed by atoms with Crippen LogP contribution in [0.2, 0.25) is 0 Å². The van der Waals surface area contributed by atoms with Crippen LogP contribution in [0.4, 0.5) is 0 Å². The van der Waals surface area contributed by atoms with Gasteiger partial charge >= 0.3 is 11.8 Å². The summed E-state index contributed by atoms with van der Waals surface area (Å²) in [5, 5.41) is 4.82. The standard InChI is InChI=1S/C10H12ClN3O2/c11-4-6-13-9(15)10(16)14-7-8-3-1-2-5-12-8/h1-3,5H,4,6-7H2,(H,13,15)(H,14,16). The molecule has 2 N–H and O–H groups in total. The molecular formula is C10H12ClN3O2. The number of hydrogen-bond donors (Lipinski definition) is 2. The van der Waals surface area contributed by atoms with Gasteiger partial charge < -0.3 is 10.6 Å². The predicted octanol–water partition coefficient (Wildman–Crippen LogP) is 0.0528. The highest BCUT2D eigenvalue weighted by Gasteiger charge is 2.11. The number of hydrogen-bond acceptors (Lipinski definition) is 3. The van der Waals surface area contributed by atoms with Gasteiger partial charge in [-0.3, -0.25) is 14.6 Å². The maximum atomic E-state index is 11.2. The Morgan fingerprint density at radius 3 is 2.62 bits per heavy atom. The molecule has 0 unspecified atom stereocenters. The van der Waals surface area contributed by atoms with E-state index in [1.807, 2.05) is 6.07 Å². The fraction of sp³-hybridized carbons (Fsp3) is 0.300. The van der Waals surface area contributed by atoms with Crippen LogP contribution in [0, 0.1) is 0 Å². The molecule has 6 heteroatoms. The molecule has 0 saturated heterocycles. The Kier molecular flexibility index (Phi) is 5.28. The molecule has 0 aromatic carbocycles. The second kappa shape index (κ2) is 6.79. The monoisotopic (exact) mass is 241 g/mol. The van der Waals surface area contributed by atoms with Crippen molar-refractivity contribution in [1.29, 1.82) is 0 Å². The first-order chi connectivity index (χ1) is 7.74. The SMILES string of the molecule is O=C(NCCCl)C(=O)NCc1ccccn1. The first-order valence-corrected chi connectivity index (χ1v) is 5.29. The van der Waals surface area contributed by atoms with Crippen LogP contribution < -0.4 is 10.6 Å². The highest BCUT2D eigenvalue weighted by molar-refractivity contribution is 6.35. The van der Waals surface area contributed by atoms with E-state index in [1.165, 1.54) is 0 Å². The first-order valence-electron chi connectivity index (χ1n) is 4.76. The summed E-state index contributed by atoms with van der Waals surface area (Å²) in [5.74, 6) is -1.09. The molecule has 0 saturated carbocycles. The average molecular weight is 242 g/mol. The molecule has 0 atom stereocenters. The molecule has 5 nitrogen and oxygen atoms in total. The number of halogens is 1. The average Bonchev–Trinajstić information content (AvgIpc) is 2.34. The molecule has 1 rings (SSSR count). The number of pyridine rings is 1. The molecule has 0 radical (unpaired) electrons. The third-order valence-electron chi connectivity index (χ3n) is 1.74. The fourth-order valence-corrected chi connectivity index (χ4v) is 1.09. The van der Waals surface area contributed by atoms with E-state index in [0.29, 0.717) is 5.69 Å². The molecule has 0 bridgehead atoms. The van der Waals surface area contributed by atoms with Crippen LogP contribution in [0.25, 0.3) is 0 Å². The first kappa shape index (κ1) is 12.4. The Balaban J connectivity index is 2.32. The molecule has 16 heavy (non-hydrogen) atoms. The van der Waals surface area contributed by atoms with Gasteiger partial charge in [-0.2, -0.15) is 0 Å². The minimum atomic E-state index is -0.684. The van der Waals surface area contributed by atoms with Gasteiger partial charge in [0.05, 0.1) is 12.2 Å². The molecule has 2 amide bonds. The van der Waals surface area contributed by atoms with Gasteiger partial charge in [-0.15, -0.1) is 11.6 Å². The quantitative estimate of drug-likeness (QED) is 0.578. The number of carbonyl (C=O) groups is 2. The van der Waals surface area contributed by atoms with Gasteiger partial charge in [-0.1, -0.05) is 6.07 Å². The molecular weight excluding hydrogens is 230 g/mol. The highest BCUT2D eigenvalue weighted by Crippen LogP contribution is 1.91. The van der Waals surface area contributed by atoms with E-state index < -0.39 is 11.8 Å². The van der Waals surface area contributed by atoms with Crippen molar-refractivity contribution in [3.8, 4) is 0 Å². The van der Waals surface area contributed by atoms with Crippen molar-refractivity contribution in [3.63, 3.8) is 0 Å². The Labute approximate surface area is 98.2 Å². The van der Waals surface area contributed by atoms with Crippen molar-refractivity contribution in [2.45, 2.75) is 6.54 Å². The molecule has 0 aliphatic rings. The topological polar surface area (TPSA) is 71.1 Å². The fourth-order valence-electron chi connectivity index (χ4n) is 0.995. The normalized spacial score (nSPS) is 9.56. The number of carbonyl (C=O) groups excluding carboxylic acids is 2. The van der Waals surface area contributed by atoms with Gasteiger partial charge in [0.25, 0.3) is 0 Å². The largest absolute Gasteiger partial charge is 0.347 e. The van der Waals surface area contributed by atoms with Crippen molar-refractivity contribution in [3.05, 3.63) is 30.1 Å². The van der Waals surface area contributed by atoms with Gasteiger partial charge in [0.1, 0.15) is 0 Å². The van der Waals surface area contributed by atoms with E-state index in [-0.39, 0.29) is 19.0 Å². The van der Waals surface area contributed by atoms with Gasteiger partial charge in [-0.25, -0.2) is 0 Å². The molecule has 0 fully saturated rings. The van der Waals surface area contributed by atoms with Crippen molar-refractivity contribution >= 4 is 23.4 Å². The summed E-state index contributed by atoms with van der Waals surface area (Å²) in [4.78, 5) is 26.4. The zero-order chi connectivity index (χ0) is 11.8. The lowest BCUT2D eigenvalue weighted by molar-refractivity contribution is -0.139. The van der Waals surface area contributed by atoms with Crippen molar-refractivity contribution < 1.29 is 9.59 Å². The lowest BCUT2D eigenvalue weighted by atomic mass is 10.3. The molecule has 0 spiro atoms. The Morgan fingerprint density at radius 1 is 1.25 bits per heavy atom. The van der Waals surface area contributed by atoms with Crippen molar-refractivity contribution in [2.75, 3.05) is 12.4 Å². The van der Waals surface area contributed by atoms with Crippen LogP contribution in [0.15, 0.2) is 24.4 Å². The summed E-state index contributed by atoms with van der Waals surface area (Å²) in [7, 11) is 0. The van der Waals surface area contributed by atoms with Crippen molar-refractivity contribution in [2.24, 2.45) is 0 Å². The minimum Gasteiger partial charge on any atom is -0.347 e. The summed E-state index contributed by atoms with van der Waals surface area (Å²) in [6.07, 6.45) is 1.62. The third kappa shape index (κ3) is 4.27. The smallest absolute Gasteiger partial charge is 0.309 e. The molecule has 1 heterocycles. The van der Waals surface area contributed by atoms with Gasteiger partial charge in [0, 0.05) is 18.6 Å². The Bertz CT molecular complexity index is 356. The van der Waals surface area contributed by atoms with Crippen molar-refractivity contribution in [1.82, 2.24) is 15.6 Å². The lowest BCUT2D eigenvalue weighted by Crippen LogP contribution is -2.40. The van der Waals surface area contributed by atoms with Crippen LogP contribution >= 0.6 is 11.6 Å². The minimum absolute atomic E-state index is 0.230. The van der Waals surface area contributed by atoms with Crippen LogP contribution in [0.1, 0.15) is 5.69 Å². The molecule has 1 aromatic rings. The van der Waals surface area contributed by atoms with Gasteiger partial charge in [0.15, 0.2) is 0 Å². The molecule has 1 aromatic heterocycles. The maximum Gasteiger partial charge on any atom is 0.309 e.